The third-order valence-corrected chi connectivity index (χ3v) is 4.11. The van der Waals surface area contributed by atoms with Crippen molar-refractivity contribution in [2.45, 2.75) is 58.2 Å². The largest absolute Gasteiger partial charge is 0.445 e. The molecule has 0 unspecified atom stereocenters. The summed E-state index contributed by atoms with van der Waals surface area (Å²) in [5.41, 5.74) is 1.00. The molecule has 1 fully saturated rings. The maximum absolute atomic E-state index is 12.0. The quantitative estimate of drug-likeness (QED) is 0.769. The zero-order chi connectivity index (χ0) is 16.5. The van der Waals surface area contributed by atoms with Crippen LogP contribution in [0.15, 0.2) is 30.3 Å². The lowest BCUT2D eigenvalue weighted by Gasteiger charge is -2.23. The highest BCUT2D eigenvalue weighted by molar-refractivity contribution is 5.67. The van der Waals surface area contributed by atoms with E-state index in [2.05, 4.69) is 30.9 Å². The molecule has 4 nitrogen and oxygen atoms in total. The van der Waals surface area contributed by atoms with Crippen molar-refractivity contribution in [2.75, 3.05) is 6.54 Å². The number of nitrogens with one attached hydrogen (secondary N) is 2. The van der Waals surface area contributed by atoms with E-state index >= 15 is 0 Å². The molecule has 1 aromatic rings. The van der Waals surface area contributed by atoms with Gasteiger partial charge in [0.25, 0.3) is 0 Å². The number of benzene rings is 1. The lowest BCUT2D eigenvalue weighted by atomic mass is 10.0. The molecule has 1 aliphatic carbocycles. The van der Waals surface area contributed by atoms with Crippen molar-refractivity contribution in [1.29, 1.82) is 0 Å². The Morgan fingerprint density at radius 1 is 1.30 bits per heavy atom. The summed E-state index contributed by atoms with van der Waals surface area (Å²) in [7, 11) is 0. The lowest BCUT2D eigenvalue weighted by Crippen LogP contribution is -2.45. The van der Waals surface area contributed by atoms with E-state index in [0.29, 0.717) is 18.6 Å². The Bertz CT molecular complexity index is 456. The van der Waals surface area contributed by atoms with Crippen molar-refractivity contribution in [3.05, 3.63) is 42.3 Å². The first-order valence-corrected chi connectivity index (χ1v) is 8.65. The van der Waals surface area contributed by atoms with Gasteiger partial charge in [-0.25, -0.2) is 4.79 Å². The van der Waals surface area contributed by atoms with Crippen LogP contribution in [0.5, 0.6) is 0 Å². The molecular weight excluding hydrogens is 288 g/mol. The average Bonchev–Trinajstić information content (AvgIpc) is 3.04. The molecule has 4 heteroatoms. The summed E-state index contributed by atoms with van der Waals surface area (Å²) >= 11 is 0. The molecule has 0 saturated heterocycles. The van der Waals surface area contributed by atoms with Gasteiger partial charge in [-0.15, -0.1) is 0 Å². The summed E-state index contributed by atoms with van der Waals surface area (Å²) in [5, 5.41) is 6.57. The molecule has 23 heavy (non-hydrogen) atoms. The number of carbonyl (C=O) groups excluding carboxylic acids is 1. The van der Waals surface area contributed by atoms with Crippen molar-refractivity contribution < 1.29 is 9.53 Å². The van der Waals surface area contributed by atoms with Crippen LogP contribution in [-0.2, 0) is 11.3 Å². The number of amides is 1. The fourth-order valence-corrected chi connectivity index (χ4v) is 2.94. The highest BCUT2D eigenvalue weighted by atomic mass is 16.5. The van der Waals surface area contributed by atoms with Crippen LogP contribution in [0.1, 0.15) is 45.1 Å². The number of ether oxygens (including phenoxy) is 1. The Morgan fingerprint density at radius 2 is 2.09 bits per heavy atom. The molecule has 1 aromatic carbocycles. The molecule has 1 amide bonds. The Kier molecular flexibility index (Phi) is 7.40. The van der Waals surface area contributed by atoms with Gasteiger partial charge < -0.3 is 15.4 Å². The fraction of sp³-hybridized carbons (Fsp3) is 0.579. The van der Waals surface area contributed by atoms with E-state index in [9.17, 15) is 4.79 Å². The molecule has 0 aliphatic heterocycles. The summed E-state index contributed by atoms with van der Waals surface area (Å²) in [4.78, 5) is 12.0. The fourth-order valence-electron chi connectivity index (χ4n) is 2.94. The van der Waals surface area contributed by atoms with Gasteiger partial charge in [0, 0.05) is 18.6 Å². The minimum Gasteiger partial charge on any atom is -0.445 e. The predicted octanol–water partition coefficient (Wildman–Crippen LogP) is 3.67. The molecular formula is C19H29N2O2. The van der Waals surface area contributed by atoms with Gasteiger partial charge in [-0.2, -0.15) is 0 Å². The monoisotopic (exact) mass is 317 g/mol. The van der Waals surface area contributed by atoms with Crippen LogP contribution in [0.3, 0.4) is 0 Å². The van der Waals surface area contributed by atoms with E-state index in [1.165, 1.54) is 12.8 Å². The number of rotatable bonds is 8. The Morgan fingerprint density at radius 3 is 2.74 bits per heavy atom. The molecule has 2 rings (SSSR count). The Labute approximate surface area is 140 Å². The van der Waals surface area contributed by atoms with E-state index in [1.807, 2.05) is 30.3 Å². The Hall–Kier alpha value is -1.55. The molecule has 0 aromatic heterocycles. The van der Waals surface area contributed by atoms with Gasteiger partial charge >= 0.3 is 6.09 Å². The van der Waals surface area contributed by atoms with Crippen molar-refractivity contribution in [3.63, 3.8) is 0 Å². The second kappa shape index (κ2) is 9.56. The SMILES string of the molecule is CC(C)C[C@@H](CN[C@H]1C[CH]CC1)NC(=O)OCc1ccccc1. The van der Waals surface area contributed by atoms with Gasteiger partial charge in [-0.1, -0.05) is 44.2 Å². The van der Waals surface area contributed by atoms with Crippen molar-refractivity contribution in [1.82, 2.24) is 10.6 Å². The first kappa shape index (κ1) is 17.8. The second-order valence-corrected chi connectivity index (χ2v) is 6.74. The zero-order valence-electron chi connectivity index (χ0n) is 14.3. The van der Waals surface area contributed by atoms with Crippen LogP contribution >= 0.6 is 0 Å². The van der Waals surface area contributed by atoms with Crippen LogP contribution in [0.25, 0.3) is 0 Å². The number of hydrogen-bond acceptors (Lipinski definition) is 3. The van der Waals surface area contributed by atoms with Crippen LogP contribution in [0, 0.1) is 12.3 Å². The molecule has 1 saturated carbocycles. The first-order chi connectivity index (χ1) is 11.1. The number of carbonyl (C=O) groups is 1. The first-order valence-electron chi connectivity index (χ1n) is 8.65. The van der Waals surface area contributed by atoms with Crippen LogP contribution in [0.4, 0.5) is 4.79 Å². The van der Waals surface area contributed by atoms with Crippen LogP contribution in [-0.4, -0.2) is 24.7 Å². The number of hydrogen-bond donors (Lipinski definition) is 2. The molecule has 0 heterocycles. The summed E-state index contributed by atoms with van der Waals surface area (Å²) in [6.07, 6.45) is 6.47. The Balaban J connectivity index is 1.74. The topological polar surface area (TPSA) is 50.4 Å². The third kappa shape index (κ3) is 7.04. The van der Waals surface area contributed by atoms with E-state index in [-0.39, 0.29) is 12.1 Å². The molecule has 0 spiro atoms. The molecule has 127 valence electrons. The van der Waals surface area contributed by atoms with Gasteiger partial charge in [0.1, 0.15) is 6.61 Å². The van der Waals surface area contributed by atoms with Gasteiger partial charge in [0.15, 0.2) is 0 Å². The van der Waals surface area contributed by atoms with E-state index in [1.54, 1.807) is 0 Å². The van der Waals surface area contributed by atoms with Crippen LogP contribution in [0.2, 0.25) is 0 Å². The molecule has 1 aliphatic rings. The molecule has 0 bridgehead atoms. The summed E-state index contributed by atoms with van der Waals surface area (Å²) in [6.45, 7) is 5.46. The number of alkyl carbamates (subject to hydrolysis) is 1. The highest BCUT2D eigenvalue weighted by Crippen LogP contribution is 2.16. The van der Waals surface area contributed by atoms with E-state index < -0.39 is 0 Å². The maximum atomic E-state index is 12.0. The van der Waals surface area contributed by atoms with Gasteiger partial charge in [0.05, 0.1) is 0 Å². The summed E-state index contributed by atoms with van der Waals surface area (Å²) in [6, 6.07) is 10.4. The standard InChI is InChI=1S/C19H29N2O2/c1-15(2)12-18(13-20-17-10-6-7-11-17)21-19(22)23-14-16-8-4-3-5-9-16/h3-6,8-9,15,17-18,20H,7,10-14H2,1-2H3,(H,21,22)/t17-,18-/m0/s1. The van der Waals surface area contributed by atoms with Crippen LogP contribution < -0.4 is 10.6 Å². The average molecular weight is 317 g/mol. The summed E-state index contributed by atoms with van der Waals surface area (Å²) < 4.78 is 5.33. The van der Waals surface area contributed by atoms with Crippen molar-refractivity contribution in [3.8, 4) is 0 Å². The van der Waals surface area contributed by atoms with E-state index in [0.717, 1.165) is 24.9 Å². The van der Waals surface area contributed by atoms with E-state index in [4.69, 9.17) is 4.74 Å². The van der Waals surface area contributed by atoms with Gasteiger partial charge in [0.2, 0.25) is 0 Å². The van der Waals surface area contributed by atoms with Gasteiger partial charge in [-0.05, 0) is 43.6 Å². The third-order valence-electron chi connectivity index (χ3n) is 4.11. The van der Waals surface area contributed by atoms with Crippen molar-refractivity contribution >= 4 is 6.09 Å². The lowest BCUT2D eigenvalue weighted by molar-refractivity contribution is 0.134. The summed E-state index contributed by atoms with van der Waals surface area (Å²) in [5.74, 6) is 0.534. The molecule has 1 radical (unpaired) electrons. The van der Waals surface area contributed by atoms with Gasteiger partial charge in [-0.3, -0.25) is 0 Å². The molecule has 2 N–H and O–H groups in total. The predicted molar refractivity (Wildman–Crippen MR) is 92.9 cm³/mol. The molecule has 2 atom stereocenters. The normalized spacial score (nSPS) is 16.5. The zero-order valence-corrected chi connectivity index (χ0v) is 14.3. The van der Waals surface area contributed by atoms with Crippen molar-refractivity contribution in [2.24, 2.45) is 5.92 Å². The maximum Gasteiger partial charge on any atom is 0.407 e. The second-order valence-electron chi connectivity index (χ2n) is 6.74. The smallest absolute Gasteiger partial charge is 0.407 e. The minimum absolute atomic E-state index is 0.110. The minimum atomic E-state index is -0.334. The highest BCUT2D eigenvalue weighted by Gasteiger charge is 2.19.